The maximum absolute atomic E-state index is 12.4. The first kappa shape index (κ1) is 17.8. The van der Waals surface area contributed by atoms with E-state index in [-0.39, 0.29) is 5.56 Å². The van der Waals surface area contributed by atoms with E-state index in [9.17, 15) is 38.2 Å². The third-order valence-electron chi connectivity index (χ3n) is 2.99. The number of carbonyl (C=O) groups excluding carboxylic acids is 1. The summed E-state index contributed by atoms with van der Waals surface area (Å²) in [5.41, 5.74) is -2.17. The van der Waals surface area contributed by atoms with Crippen LogP contribution < -0.4 is 5.32 Å². The molecule has 0 spiro atoms. The number of alkyl halides is 3. The van der Waals surface area contributed by atoms with Crippen molar-refractivity contribution in [1.29, 1.82) is 0 Å². The minimum Gasteiger partial charge on any atom is -0.289 e. The van der Waals surface area contributed by atoms with E-state index in [4.69, 9.17) is 0 Å². The number of aromatic nitrogens is 3. The first-order valence-electron chi connectivity index (χ1n) is 6.25. The maximum Gasteiger partial charge on any atom is 0.451 e. The van der Waals surface area contributed by atoms with Crippen molar-refractivity contribution in [2.75, 3.05) is 5.32 Å². The summed E-state index contributed by atoms with van der Waals surface area (Å²) < 4.78 is 37.2. The van der Waals surface area contributed by atoms with Gasteiger partial charge in [-0.05, 0) is 6.92 Å². The molecule has 0 atom stereocenters. The number of hydrogen-bond donors (Lipinski definition) is 2. The highest BCUT2D eigenvalue weighted by Gasteiger charge is 2.35. The van der Waals surface area contributed by atoms with E-state index in [1.54, 1.807) is 5.10 Å². The van der Waals surface area contributed by atoms with Gasteiger partial charge in [-0.3, -0.25) is 35.4 Å². The summed E-state index contributed by atoms with van der Waals surface area (Å²) in [5, 5.41) is 28.4. The van der Waals surface area contributed by atoms with Crippen molar-refractivity contribution in [1.82, 2.24) is 15.2 Å². The van der Waals surface area contributed by atoms with E-state index >= 15 is 0 Å². The fourth-order valence-corrected chi connectivity index (χ4v) is 1.81. The van der Waals surface area contributed by atoms with E-state index in [0.717, 1.165) is 19.1 Å². The van der Waals surface area contributed by atoms with Crippen LogP contribution in [0.1, 0.15) is 21.7 Å². The standard InChI is InChI=1S/C11H7F3N6O5/c1-4-6(19(22)23)2-5(3-7(4)20(24)25)8(21)15-10-16-9(17-18-10)11(12,13)14/h2-3H,1H3,(H2,15,16,17,18,21). The highest BCUT2D eigenvalue weighted by atomic mass is 19.4. The molecule has 1 aromatic heterocycles. The highest BCUT2D eigenvalue weighted by Crippen LogP contribution is 2.30. The molecule has 0 aliphatic heterocycles. The Morgan fingerprint density at radius 2 is 1.72 bits per heavy atom. The molecule has 0 unspecified atom stereocenters. The number of benzene rings is 1. The smallest absolute Gasteiger partial charge is 0.289 e. The third kappa shape index (κ3) is 3.67. The molecule has 2 aromatic rings. The van der Waals surface area contributed by atoms with Crippen molar-refractivity contribution >= 4 is 23.2 Å². The maximum atomic E-state index is 12.4. The van der Waals surface area contributed by atoms with Gasteiger partial charge >= 0.3 is 6.18 Å². The molecule has 0 aliphatic rings. The molecule has 0 radical (unpaired) electrons. The zero-order chi connectivity index (χ0) is 18.9. The molecule has 0 saturated carbocycles. The quantitative estimate of drug-likeness (QED) is 0.625. The average Bonchev–Trinajstić information content (AvgIpc) is 2.95. The Morgan fingerprint density at radius 1 is 1.20 bits per heavy atom. The van der Waals surface area contributed by atoms with Crippen molar-refractivity contribution in [3.8, 4) is 0 Å². The summed E-state index contributed by atoms with van der Waals surface area (Å²) in [6.45, 7) is 1.13. The Hall–Kier alpha value is -3.58. The Labute approximate surface area is 135 Å². The molecule has 11 nitrogen and oxygen atoms in total. The Morgan fingerprint density at radius 3 is 2.12 bits per heavy atom. The fraction of sp³-hybridized carbons (Fsp3) is 0.182. The summed E-state index contributed by atoms with van der Waals surface area (Å²) >= 11 is 0. The van der Waals surface area contributed by atoms with Crippen LogP contribution in [-0.2, 0) is 6.18 Å². The minimum atomic E-state index is -4.82. The molecular weight excluding hydrogens is 353 g/mol. The van der Waals surface area contributed by atoms with Crippen LogP contribution in [0.2, 0.25) is 0 Å². The van der Waals surface area contributed by atoms with Gasteiger partial charge in [-0.15, -0.1) is 5.10 Å². The first-order chi connectivity index (χ1) is 11.5. The van der Waals surface area contributed by atoms with Gasteiger partial charge in [0.1, 0.15) is 5.56 Å². The SMILES string of the molecule is Cc1c([N+](=O)[O-])cc(C(=O)Nc2n[nH]c(C(F)(F)F)n2)cc1[N+](=O)[O-]. The zero-order valence-electron chi connectivity index (χ0n) is 12.1. The number of nitro groups is 2. The number of amides is 1. The second kappa shape index (κ2) is 6.14. The van der Waals surface area contributed by atoms with E-state index < -0.39 is 50.6 Å². The first-order valence-corrected chi connectivity index (χ1v) is 6.25. The van der Waals surface area contributed by atoms with Crippen molar-refractivity contribution in [2.45, 2.75) is 13.1 Å². The van der Waals surface area contributed by atoms with Crippen LogP contribution in [0.5, 0.6) is 0 Å². The molecule has 2 N–H and O–H groups in total. The van der Waals surface area contributed by atoms with Crippen LogP contribution in [0.4, 0.5) is 30.5 Å². The van der Waals surface area contributed by atoms with Crippen molar-refractivity contribution in [3.05, 3.63) is 49.3 Å². The van der Waals surface area contributed by atoms with Crippen molar-refractivity contribution in [2.24, 2.45) is 0 Å². The molecule has 0 bridgehead atoms. The minimum absolute atomic E-state index is 0.274. The van der Waals surface area contributed by atoms with E-state index in [1.165, 1.54) is 0 Å². The molecule has 2 rings (SSSR count). The lowest BCUT2D eigenvalue weighted by Crippen LogP contribution is -2.14. The number of rotatable bonds is 4. The molecule has 0 aliphatic carbocycles. The number of nitro benzene ring substituents is 2. The largest absolute Gasteiger partial charge is 0.451 e. The lowest BCUT2D eigenvalue weighted by atomic mass is 10.1. The lowest BCUT2D eigenvalue weighted by molar-refractivity contribution is -0.395. The van der Waals surface area contributed by atoms with Crippen LogP contribution >= 0.6 is 0 Å². The van der Waals surface area contributed by atoms with E-state index in [0.29, 0.717) is 0 Å². The molecule has 1 aromatic carbocycles. The Balaban J connectivity index is 2.37. The van der Waals surface area contributed by atoms with Gasteiger partial charge in [-0.25, -0.2) is 0 Å². The Bertz CT molecular complexity index is 842. The number of carbonyl (C=O) groups is 1. The highest BCUT2D eigenvalue weighted by molar-refractivity contribution is 6.04. The number of aromatic amines is 1. The van der Waals surface area contributed by atoms with Gasteiger partial charge in [0, 0.05) is 12.1 Å². The zero-order valence-corrected chi connectivity index (χ0v) is 12.1. The van der Waals surface area contributed by atoms with Crippen LogP contribution in [0.3, 0.4) is 0 Å². The van der Waals surface area contributed by atoms with Crippen LogP contribution in [0.25, 0.3) is 0 Å². The monoisotopic (exact) mass is 360 g/mol. The van der Waals surface area contributed by atoms with Crippen molar-refractivity contribution in [3.63, 3.8) is 0 Å². The topological polar surface area (TPSA) is 157 Å². The second-order valence-corrected chi connectivity index (χ2v) is 4.61. The van der Waals surface area contributed by atoms with Crippen LogP contribution in [-0.4, -0.2) is 30.9 Å². The van der Waals surface area contributed by atoms with Gasteiger partial charge in [0.2, 0.25) is 11.8 Å². The van der Waals surface area contributed by atoms with Gasteiger partial charge in [0.15, 0.2) is 0 Å². The summed E-state index contributed by atoms with van der Waals surface area (Å²) in [6.07, 6.45) is -4.82. The molecule has 25 heavy (non-hydrogen) atoms. The van der Waals surface area contributed by atoms with E-state index in [1.807, 2.05) is 5.32 Å². The van der Waals surface area contributed by atoms with Gasteiger partial charge in [0.25, 0.3) is 17.3 Å². The molecule has 132 valence electrons. The van der Waals surface area contributed by atoms with Gasteiger partial charge in [0.05, 0.1) is 15.4 Å². The lowest BCUT2D eigenvalue weighted by Gasteiger charge is -2.04. The summed E-state index contributed by atoms with van der Waals surface area (Å²) in [5.74, 6) is -3.37. The number of nitrogens with one attached hydrogen (secondary N) is 2. The predicted octanol–water partition coefficient (Wildman–Crippen LogP) is 2.20. The van der Waals surface area contributed by atoms with Gasteiger partial charge in [-0.2, -0.15) is 18.2 Å². The van der Waals surface area contributed by atoms with E-state index in [2.05, 4.69) is 10.1 Å². The number of H-pyrrole nitrogens is 1. The fourth-order valence-electron chi connectivity index (χ4n) is 1.81. The average molecular weight is 360 g/mol. The van der Waals surface area contributed by atoms with Crippen molar-refractivity contribution < 1.29 is 27.8 Å². The summed E-state index contributed by atoms with van der Waals surface area (Å²) in [7, 11) is 0. The van der Waals surface area contributed by atoms with Gasteiger partial charge in [-0.1, -0.05) is 0 Å². The number of halogens is 3. The summed E-state index contributed by atoms with van der Waals surface area (Å²) in [4.78, 5) is 35.0. The molecule has 1 amide bonds. The van der Waals surface area contributed by atoms with Crippen LogP contribution in [0.15, 0.2) is 12.1 Å². The number of anilines is 1. The third-order valence-corrected chi connectivity index (χ3v) is 2.99. The predicted molar refractivity (Wildman–Crippen MR) is 73.8 cm³/mol. The Kier molecular flexibility index (Phi) is 4.36. The summed E-state index contributed by atoms with van der Waals surface area (Å²) in [6, 6.07) is 1.52. The molecule has 0 fully saturated rings. The molecular formula is C11H7F3N6O5. The number of hydrogen-bond acceptors (Lipinski definition) is 7. The molecule has 1 heterocycles. The molecule has 0 saturated heterocycles. The van der Waals surface area contributed by atoms with Crippen LogP contribution in [0, 0.1) is 27.2 Å². The number of nitrogens with zero attached hydrogens (tertiary/aromatic N) is 4. The van der Waals surface area contributed by atoms with Gasteiger partial charge < -0.3 is 0 Å². The second-order valence-electron chi connectivity index (χ2n) is 4.61. The normalized spacial score (nSPS) is 11.2. The molecule has 14 heteroatoms.